The summed E-state index contributed by atoms with van der Waals surface area (Å²) < 4.78 is 1.56. The summed E-state index contributed by atoms with van der Waals surface area (Å²) in [4.78, 5) is 40.4. The minimum atomic E-state index is -0.545. The number of imide groups is 1. The third kappa shape index (κ3) is 1.75. The molecule has 0 saturated carbocycles. The molecule has 1 aromatic carbocycles. The molecule has 0 aliphatic carbocycles. The number of imidazole rings is 1. The lowest BCUT2D eigenvalue weighted by molar-refractivity contribution is -0.384. The zero-order chi connectivity index (χ0) is 16.1. The largest absolute Gasteiger partial charge is 0.295 e. The Kier molecular flexibility index (Phi) is 2.55. The van der Waals surface area contributed by atoms with Crippen molar-refractivity contribution < 1.29 is 14.5 Å². The molecule has 0 unspecified atom stereocenters. The van der Waals surface area contributed by atoms with Gasteiger partial charge in [-0.1, -0.05) is 6.07 Å². The van der Waals surface area contributed by atoms with Gasteiger partial charge in [0.1, 0.15) is 11.3 Å². The van der Waals surface area contributed by atoms with Crippen molar-refractivity contribution in [2.45, 2.75) is 0 Å². The monoisotopic (exact) mass is 308 g/mol. The van der Waals surface area contributed by atoms with Crippen molar-refractivity contribution in [3.8, 4) is 0 Å². The van der Waals surface area contributed by atoms with Crippen LogP contribution in [0, 0.1) is 10.1 Å². The predicted octanol–water partition coefficient (Wildman–Crippen LogP) is 2.04. The van der Waals surface area contributed by atoms with Crippen molar-refractivity contribution in [2.24, 2.45) is 0 Å². The van der Waals surface area contributed by atoms with Gasteiger partial charge in [0.2, 0.25) is 0 Å². The zero-order valence-corrected chi connectivity index (χ0v) is 11.5. The number of aromatic nitrogens is 2. The van der Waals surface area contributed by atoms with Gasteiger partial charge in [-0.3, -0.25) is 24.1 Å². The molecule has 3 aromatic rings. The number of fused-ring (bicyclic) bond motifs is 3. The summed E-state index contributed by atoms with van der Waals surface area (Å²) in [6, 6.07) is 10.4. The second-order valence-electron chi connectivity index (χ2n) is 4.96. The minimum Gasteiger partial charge on any atom is -0.295 e. The molecule has 0 atom stereocenters. The van der Waals surface area contributed by atoms with Gasteiger partial charge in [-0.25, -0.2) is 9.88 Å². The third-order valence-corrected chi connectivity index (χ3v) is 3.66. The van der Waals surface area contributed by atoms with Crippen LogP contribution in [0.3, 0.4) is 0 Å². The second-order valence-corrected chi connectivity index (χ2v) is 4.96. The van der Waals surface area contributed by atoms with E-state index in [2.05, 4.69) is 4.98 Å². The fourth-order valence-electron chi connectivity index (χ4n) is 2.61. The van der Waals surface area contributed by atoms with Crippen LogP contribution in [0.1, 0.15) is 21.0 Å². The van der Waals surface area contributed by atoms with Gasteiger partial charge in [0, 0.05) is 18.3 Å². The molecule has 23 heavy (non-hydrogen) atoms. The van der Waals surface area contributed by atoms with Gasteiger partial charge >= 0.3 is 0 Å². The standard InChI is InChI=1S/C15H8N4O4/c20-14-12-13(17-8-2-1-3-11(17)16-12)15(21)18(14)9-4-6-10(7-5-9)19(22)23/h1-8H. The maximum absolute atomic E-state index is 12.6. The summed E-state index contributed by atoms with van der Waals surface area (Å²) in [6.45, 7) is 0. The van der Waals surface area contributed by atoms with E-state index < -0.39 is 16.7 Å². The number of rotatable bonds is 2. The topological polar surface area (TPSA) is 97.8 Å². The van der Waals surface area contributed by atoms with Crippen molar-refractivity contribution in [2.75, 3.05) is 4.90 Å². The molecule has 2 aromatic heterocycles. The van der Waals surface area contributed by atoms with E-state index in [1.165, 1.54) is 24.3 Å². The molecule has 8 nitrogen and oxygen atoms in total. The normalized spacial score (nSPS) is 13.7. The van der Waals surface area contributed by atoms with Crippen LogP contribution in [0.15, 0.2) is 48.7 Å². The van der Waals surface area contributed by atoms with E-state index in [1.807, 2.05) is 0 Å². The summed E-state index contributed by atoms with van der Waals surface area (Å²) in [5.74, 6) is -1.04. The molecule has 0 radical (unpaired) electrons. The van der Waals surface area contributed by atoms with Crippen LogP contribution in [-0.4, -0.2) is 26.1 Å². The first-order chi connectivity index (χ1) is 11.1. The molecule has 0 N–H and O–H groups in total. The van der Waals surface area contributed by atoms with Crippen molar-refractivity contribution in [1.82, 2.24) is 9.38 Å². The Hall–Kier alpha value is -3.55. The highest BCUT2D eigenvalue weighted by molar-refractivity contribution is 6.33. The minimum absolute atomic E-state index is 0.0829. The quantitative estimate of drug-likeness (QED) is 0.410. The number of carbonyl (C=O) groups is 2. The van der Waals surface area contributed by atoms with Crippen LogP contribution in [0.4, 0.5) is 11.4 Å². The average Bonchev–Trinajstić information content (AvgIpc) is 3.04. The highest BCUT2D eigenvalue weighted by Gasteiger charge is 2.41. The number of nitro groups is 1. The van der Waals surface area contributed by atoms with Crippen molar-refractivity contribution in [1.29, 1.82) is 0 Å². The summed E-state index contributed by atoms with van der Waals surface area (Å²) in [6.07, 6.45) is 1.66. The lowest BCUT2D eigenvalue weighted by Gasteiger charge is -2.13. The molecular formula is C15H8N4O4. The maximum atomic E-state index is 12.6. The Morgan fingerprint density at radius 3 is 2.43 bits per heavy atom. The number of hydrogen-bond donors (Lipinski definition) is 0. The molecule has 1 aliphatic heterocycles. The lowest BCUT2D eigenvalue weighted by atomic mass is 10.2. The Bertz CT molecular complexity index is 990. The fourth-order valence-corrected chi connectivity index (χ4v) is 2.61. The fraction of sp³-hybridized carbons (Fsp3) is 0. The SMILES string of the molecule is O=C1c2nc3ccccn3c2C(=O)N1c1ccc([N+](=O)[O-])cc1. The van der Waals surface area contributed by atoms with Crippen LogP contribution in [0.25, 0.3) is 5.65 Å². The molecule has 0 saturated heterocycles. The molecule has 1 aliphatic rings. The highest BCUT2D eigenvalue weighted by atomic mass is 16.6. The van der Waals surface area contributed by atoms with E-state index in [0.717, 1.165) is 4.90 Å². The van der Waals surface area contributed by atoms with E-state index in [-0.39, 0.29) is 22.8 Å². The zero-order valence-electron chi connectivity index (χ0n) is 11.5. The van der Waals surface area contributed by atoms with Gasteiger partial charge < -0.3 is 0 Å². The van der Waals surface area contributed by atoms with Crippen molar-refractivity contribution in [3.63, 3.8) is 0 Å². The van der Waals surface area contributed by atoms with Crippen LogP contribution >= 0.6 is 0 Å². The maximum Gasteiger partial charge on any atom is 0.286 e. The van der Waals surface area contributed by atoms with E-state index >= 15 is 0 Å². The number of nitro benzene ring substituents is 1. The lowest BCUT2D eigenvalue weighted by Crippen LogP contribution is -2.30. The first-order valence-electron chi connectivity index (χ1n) is 6.68. The molecule has 0 bridgehead atoms. The number of pyridine rings is 1. The van der Waals surface area contributed by atoms with Crippen molar-refractivity contribution >= 4 is 28.8 Å². The number of carbonyl (C=O) groups excluding carboxylic acids is 2. The third-order valence-electron chi connectivity index (χ3n) is 3.66. The molecule has 8 heteroatoms. The first-order valence-corrected chi connectivity index (χ1v) is 6.68. The molecule has 112 valence electrons. The number of amides is 2. The molecule has 3 heterocycles. The Morgan fingerprint density at radius 2 is 1.74 bits per heavy atom. The number of benzene rings is 1. The van der Waals surface area contributed by atoms with Gasteiger partial charge in [0.25, 0.3) is 17.5 Å². The highest BCUT2D eigenvalue weighted by Crippen LogP contribution is 2.29. The van der Waals surface area contributed by atoms with E-state index in [4.69, 9.17) is 0 Å². The van der Waals surface area contributed by atoms with Gasteiger partial charge in [0.05, 0.1) is 10.6 Å². The summed E-state index contributed by atoms with van der Waals surface area (Å²) >= 11 is 0. The van der Waals surface area contributed by atoms with Crippen LogP contribution in [0.2, 0.25) is 0 Å². The summed E-state index contributed by atoms with van der Waals surface area (Å²) in [5.41, 5.74) is 0.956. The smallest absolute Gasteiger partial charge is 0.286 e. The van der Waals surface area contributed by atoms with E-state index in [1.54, 1.807) is 28.8 Å². The summed E-state index contributed by atoms with van der Waals surface area (Å²) in [5, 5.41) is 10.7. The molecule has 2 amide bonds. The molecule has 0 spiro atoms. The Balaban J connectivity index is 1.81. The van der Waals surface area contributed by atoms with Crippen molar-refractivity contribution in [3.05, 3.63) is 70.2 Å². The van der Waals surface area contributed by atoms with Gasteiger partial charge in [-0.05, 0) is 24.3 Å². The number of anilines is 1. The number of nitrogens with zero attached hydrogens (tertiary/aromatic N) is 4. The van der Waals surface area contributed by atoms with Gasteiger partial charge in [0.15, 0.2) is 5.69 Å². The molecular weight excluding hydrogens is 300 g/mol. The molecule has 0 fully saturated rings. The predicted molar refractivity (Wildman–Crippen MR) is 79.4 cm³/mol. The van der Waals surface area contributed by atoms with E-state index in [9.17, 15) is 19.7 Å². The number of non-ortho nitro benzene ring substituents is 1. The van der Waals surface area contributed by atoms with Crippen LogP contribution in [-0.2, 0) is 0 Å². The first kappa shape index (κ1) is 13.1. The van der Waals surface area contributed by atoms with Crippen LogP contribution < -0.4 is 4.90 Å². The Labute approximate surface area is 128 Å². The molecule has 4 rings (SSSR count). The van der Waals surface area contributed by atoms with Crippen LogP contribution in [0.5, 0.6) is 0 Å². The van der Waals surface area contributed by atoms with E-state index in [0.29, 0.717) is 5.65 Å². The van der Waals surface area contributed by atoms with Gasteiger partial charge in [-0.15, -0.1) is 0 Å². The summed E-state index contributed by atoms with van der Waals surface area (Å²) in [7, 11) is 0. The Morgan fingerprint density at radius 1 is 1.00 bits per heavy atom. The number of hydrogen-bond acceptors (Lipinski definition) is 5. The van der Waals surface area contributed by atoms with Gasteiger partial charge in [-0.2, -0.15) is 0 Å². The average molecular weight is 308 g/mol. The second kappa shape index (κ2) is 4.47.